The van der Waals surface area contributed by atoms with Crippen molar-refractivity contribution in [3.8, 4) is 0 Å². The Hall–Kier alpha value is -3.07. The molecule has 0 aliphatic carbocycles. The third kappa shape index (κ3) is 4.40. The van der Waals surface area contributed by atoms with Crippen molar-refractivity contribution in [1.29, 1.82) is 0 Å². The van der Waals surface area contributed by atoms with Gasteiger partial charge in [-0.1, -0.05) is 0 Å². The van der Waals surface area contributed by atoms with Crippen LogP contribution < -0.4 is 5.32 Å². The number of likely N-dealkylation sites (tertiary alicyclic amines) is 1. The van der Waals surface area contributed by atoms with E-state index in [0.29, 0.717) is 6.54 Å². The van der Waals surface area contributed by atoms with Gasteiger partial charge < -0.3 is 10.2 Å². The molecular weight excluding hydrogens is 398 g/mol. The molecule has 1 atom stereocenters. The maximum Gasteiger partial charge on any atom is 0.246 e. The summed E-state index contributed by atoms with van der Waals surface area (Å²) in [5.41, 5.74) is 2.80. The number of carbonyl (C=O) groups is 1. The molecule has 4 rings (SSSR count). The minimum absolute atomic E-state index is 0.00507. The van der Waals surface area contributed by atoms with Crippen molar-refractivity contribution in [1.82, 2.24) is 29.6 Å². The Morgan fingerprint density at radius 3 is 2.83 bits per heavy atom. The number of rotatable bonds is 5. The van der Waals surface area contributed by atoms with Gasteiger partial charge in [0.2, 0.25) is 5.91 Å². The van der Waals surface area contributed by atoms with E-state index < -0.39 is 0 Å². The molecule has 0 aromatic carbocycles. The molecule has 1 fully saturated rings. The summed E-state index contributed by atoms with van der Waals surface area (Å²) in [6.45, 7) is 5.43. The van der Waals surface area contributed by atoms with Crippen molar-refractivity contribution in [3.05, 3.63) is 52.7 Å². The first-order chi connectivity index (χ1) is 14.5. The summed E-state index contributed by atoms with van der Waals surface area (Å²) < 4.78 is 1.74. The van der Waals surface area contributed by atoms with E-state index >= 15 is 0 Å². The fourth-order valence-electron chi connectivity index (χ4n) is 3.58. The van der Waals surface area contributed by atoms with Crippen LogP contribution in [0.15, 0.2) is 30.7 Å². The second-order valence-corrected chi connectivity index (χ2v) is 8.62. The minimum atomic E-state index is 0.00507. The largest absolute Gasteiger partial charge is 0.338 e. The molecule has 0 radical (unpaired) electrons. The summed E-state index contributed by atoms with van der Waals surface area (Å²) in [6, 6.07) is 1.88. The first kappa shape index (κ1) is 20.2. The van der Waals surface area contributed by atoms with Crippen molar-refractivity contribution >= 4 is 34.3 Å². The highest BCUT2D eigenvalue weighted by Crippen LogP contribution is 2.32. The van der Waals surface area contributed by atoms with Crippen LogP contribution in [0.25, 0.3) is 6.08 Å². The molecule has 0 spiro atoms. The Bertz CT molecular complexity index is 1050. The molecule has 1 amide bonds. The van der Waals surface area contributed by atoms with Crippen molar-refractivity contribution in [3.63, 3.8) is 0 Å². The molecule has 1 N–H and O–H groups in total. The molecule has 1 saturated heterocycles. The lowest BCUT2D eigenvalue weighted by Gasteiger charge is -2.32. The Morgan fingerprint density at radius 2 is 2.10 bits per heavy atom. The van der Waals surface area contributed by atoms with Crippen molar-refractivity contribution in [2.75, 3.05) is 18.4 Å². The summed E-state index contributed by atoms with van der Waals surface area (Å²) in [4.78, 5) is 29.5. The summed E-state index contributed by atoms with van der Waals surface area (Å²) in [5, 5.41) is 8.27. The Morgan fingerprint density at radius 1 is 1.27 bits per heavy atom. The van der Waals surface area contributed by atoms with Gasteiger partial charge in [-0.2, -0.15) is 5.10 Å². The van der Waals surface area contributed by atoms with Gasteiger partial charge in [-0.15, -0.1) is 11.3 Å². The van der Waals surface area contributed by atoms with Gasteiger partial charge in [-0.25, -0.2) is 9.97 Å². The lowest BCUT2D eigenvalue weighted by Crippen LogP contribution is -2.38. The summed E-state index contributed by atoms with van der Waals surface area (Å²) in [6.07, 6.45) is 10.4. The zero-order chi connectivity index (χ0) is 21.1. The second-order valence-electron chi connectivity index (χ2n) is 7.41. The van der Waals surface area contributed by atoms with E-state index in [1.165, 1.54) is 4.88 Å². The van der Waals surface area contributed by atoms with Gasteiger partial charge in [0.25, 0.3) is 0 Å². The molecule has 30 heavy (non-hydrogen) atoms. The van der Waals surface area contributed by atoms with Crippen molar-refractivity contribution in [2.24, 2.45) is 7.05 Å². The number of hydrogen-bond acceptors (Lipinski definition) is 7. The third-order valence-electron chi connectivity index (χ3n) is 5.36. The van der Waals surface area contributed by atoms with Crippen LogP contribution in [0, 0.1) is 13.8 Å². The summed E-state index contributed by atoms with van der Waals surface area (Å²) in [5.74, 6) is 0.854. The predicted molar refractivity (Wildman–Crippen MR) is 118 cm³/mol. The van der Waals surface area contributed by atoms with Gasteiger partial charge in [0.15, 0.2) is 10.9 Å². The van der Waals surface area contributed by atoms with Gasteiger partial charge >= 0.3 is 0 Å². The zero-order valence-electron chi connectivity index (χ0n) is 17.4. The molecule has 1 aliphatic heterocycles. The van der Waals surface area contributed by atoms with Gasteiger partial charge in [-0.3, -0.25) is 14.5 Å². The number of thiazole rings is 1. The van der Waals surface area contributed by atoms with Crippen LogP contribution in [0.4, 0.5) is 10.9 Å². The molecule has 4 heterocycles. The number of nitrogens with zero attached hydrogens (tertiary/aromatic N) is 6. The smallest absolute Gasteiger partial charge is 0.246 e. The van der Waals surface area contributed by atoms with Crippen LogP contribution >= 0.6 is 11.3 Å². The Kier molecular flexibility index (Phi) is 5.89. The topological polar surface area (TPSA) is 88.8 Å². The lowest BCUT2D eigenvalue weighted by molar-refractivity contribution is -0.127. The van der Waals surface area contributed by atoms with Gasteiger partial charge in [-0.05, 0) is 38.8 Å². The molecule has 0 saturated carbocycles. The first-order valence-corrected chi connectivity index (χ1v) is 10.8. The quantitative estimate of drug-likeness (QED) is 0.633. The number of aromatic nitrogens is 5. The van der Waals surface area contributed by atoms with Crippen LogP contribution in [0.2, 0.25) is 0 Å². The average Bonchev–Trinajstić information content (AvgIpc) is 3.30. The number of amides is 1. The maximum atomic E-state index is 12.7. The average molecular weight is 424 g/mol. The molecule has 0 bridgehead atoms. The lowest BCUT2D eigenvalue weighted by atomic mass is 9.94. The first-order valence-electron chi connectivity index (χ1n) is 9.98. The standard InChI is InChI=1S/C21H25N7OS/c1-14-15(2)30-21(25-14)26-20-19(22-10-11-23-20)16-5-4-12-28(13-16)18(29)7-6-17-8-9-24-27(17)3/h6-11,16H,4-5,12-13H2,1-3H3,(H,23,25,26)/b7-6+. The molecule has 3 aromatic heterocycles. The molecule has 156 valence electrons. The molecular formula is C21H25N7OS. The van der Waals surface area contributed by atoms with Crippen molar-refractivity contribution < 1.29 is 4.79 Å². The fourth-order valence-corrected chi connectivity index (χ4v) is 4.40. The maximum absolute atomic E-state index is 12.7. The van der Waals surface area contributed by atoms with Crippen LogP contribution in [-0.4, -0.2) is 48.6 Å². The van der Waals surface area contributed by atoms with Crippen molar-refractivity contribution in [2.45, 2.75) is 32.6 Å². The van der Waals surface area contributed by atoms with Gasteiger partial charge in [0, 0.05) is 55.6 Å². The Balaban J connectivity index is 1.48. The highest BCUT2D eigenvalue weighted by molar-refractivity contribution is 7.15. The zero-order valence-corrected chi connectivity index (χ0v) is 18.2. The molecule has 1 aliphatic rings. The highest BCUT2D eigenvalue weighted by atomic mass is 32.1. The number of piperidine rings is 1. The number of nitrogens with one attached hydrogen (secondary N) is 1. The minimum Gasteiger partial charge on any atom is -0.338 e. The van der Waals surface area contributed by atoms with Gasteiger partial charge in [0.1, 0.15) is 0 Å². The number of aryl methyl sites for hydroxylation is 3. The predicted octanol–water partition coefficient (Wildman–Crippen LogP) is 3.45. The number of hydrogen-bond donors (Lipinski definition) is 1. The van der Waals surface area contributed by atoms with E-state index in [1.807, 2.05) is 24.9 Å². The Labute approximate surface area is 179 Å². The number of carbonyl (C=O) groups excluding carboxylic acids is 1. The highest BCUT2D eigenvalue weighted by Gasteiger charge is 2.27. The van der Waals surface area contributed by atoms with E-state index in [9.17, 15) is 4.79 Å². The van der Waals surface area contributed by atoms with Gasteiger partial charge in [0.05, 0.1) is 17.1 Å². The summed E-state index contributed by atoms with van der Waals surface area (Å²) in [7, 11) is 1.86. The molecule has 8 nitrogen and oxygen atoms in total. The normalized spacial score (nSPS) is 16.9. The van der Waals surface area contributed by atoms with E-state index in [0.717, 1.165) is 47.4 Å². The van der Waals surface area contributed by atoms with E-state index in [-0.39, 0.29) is 11.8 Å². The monoisotopic (exact) mass is 423 g/mol. The molecule has 9 heteroatoms. The van der Waals surface area contributed by atoms with Crippen LogP contribution in [-0.2, 0) is 11.8 Å². The van der Waals surface area contributed by atoms with E-state index in [4.69, 9.17) is 0 Å². The van der Waals surface area contributed by atoms with Crippen LogP contribution in [0.1, 0.15) is 40.7 Å². The third-order valence-corrected chi connectivity index (χ3v) is 6.34. The number of anilines is 2. The SMILES string of the molecule is Cc1nc(Nc2nccnc2C2CCCN(C(=O)/C=C/c3ccnn3C)C2)sc1C. The van der Waals surface area contributed by atoms with E-state index in [1.54, 1.807) is 46.8 Å². The fraction of sp³-hybridized carbons (Fsp3) is 0.381. The summed E-state index contributed by atoms with van der Waals surface area (Å²) >= 11 is 1.61. The molecule has 3 aromatic rings. The second kappa shape index (κ2) is 8.74. The van der Waals surface area contributed by atoms with Crippen LogP contribution in [0.5, 0.6) is 0 Å². The van der Waals surface area contributed by atoms with E-state index in [2.05, 4.69) is 32.3 Å². The molecule has 1 unspecified atom stereocenters. The van der Waals surface area contributed by atoms with Crippen LogP contribution in [0.3, 0.4) is 0 Å².